The van der Waals surface area contributed by atoms with Gasteiger partial charge in [-0.15, -0.1) is 0 Å². The number of rotatable bonds is 1. The first kappa shape index (κ1) is 12.9. The van der Waals surface area contributed by atoms with E-state index in [1.807, 2.05) is 6.92 Å². The van der Waals surface area contributed by atoms with Crippen LogP contribution in [-0.4, -0.2) is 17.1 Å². The molecule has 0 fully saturated rings. The molecular formula is C12H12F3NO2. The highest BCUT2D eigenvalue weighted by Crippen LogP contribution is 2.30. The third kappa shape index (κ3) is 2.64. The van der Waals surface area contributed by atoms with Crippen molar-refractivity contribution in [2.45, 2.75) is 25.8 Å². The molecule has 1 heterocycles. The van der Waals surface area contributed by atoms with E-state index in [1.165, 1.54) is 12.1 Å². The summed E-state index contributed by atoms with van der Waals surface area (Å²) in [6, 6.07) is 4.74. The number of aliphatic hydroxyl groups is 1. The lowest BCUT2D eigenvalue weighted by molar-refractivity contribution is -0.137. The van der Waals surface area contributed by atoms with E-state index in [4.69, 9.17) is 4.84 Å². The zero-order valence-corrected chi connectivity index (χ0v) is 9.61. The molecule has 0 saturated heterocycles. The molecule has 0 aliphatic carbocycles. The summed E-state index contributed by atoms with van der Waals surface area (Å²) in [5, 5.41) is 13.0. The normalized spacial score (nSPS) is 24.4. The highest BCUT2D eigenvalue weighted by Gasteiger charge is 2.30. The summed E-state index contributed by atoms with van der Waals surface area (Å²) >= 11 is 0. The number of halogens is 3. The van der Waals surface area contributed by atoms with Crippen LogP contribution in [0.3, 0.4) is 0 Å². The molecule has 1 aliphatic heterocycles. The van der Waals surface area contributed by atoms with Crippen LogP contribution in [-0.2, 0) is 11.0 Å². The molecular weight excluding hydrogens is 247 g/mol. The van der Waals surface area contributed by atoms with E-state index in [0.29, 0.717) is 17.7 Å². The Morgan fingerprint density at radius 2 is 1.89 bits per heavy atom. The Kier molecular flexibility index (Phi) is 3.30. The van der Waals surface area contributed by atoms with E-state index in [2.05, 4.69) is 5.16 Å². The molecule has 1 aromatic carbocycles. The molecule has 1 N–H and O–H groups in total. The summed E-state index contributed by atoms with van der Waals surface area (Å²) in [7, 11) is 0. The fourth-order valence-electron chi connectivity index (χ4n) is 1.83. The average molecular weight is 259 g/mol. The Morgan fingerprint density at radius 1 is 1.28 bits per heavy atom. The molecule has 1 unspecified atom stereocenters. The molecule has 98 valence electrons. The standard InChI is InChI=1S/C12H12F3NO2/c1-7-6-10(17)18-16-11(7)8-2-4-9(5-3-8)12(13,14)15/h2-5,7,10,17H,6H2,1H3/t7-,10?/m1/s1. The second-order valence-electron chi connectivity index (χ2n) is 4.25. The molecule has 0 saturated carbocycles. The van der Waals surface area contributed by atoms with Gasteiger partial charge in [0.1, 0.15) is 0 Å². The van der Waals surface area contributed by atoms with E-state index < -0.39 is 18.0 Å². The van der Waals surface area contributed by atoms with Crippen LogP contribution in [0.5, 0.6) is 0 Å². The maximum absolute atomic E-state index is 12.4. The van der Waals surface area contributed by atoms with Crippen LogP contribution in [0.2, 0.25) is 0 Å². The molecule has 1 aromatic rings. The molecule has 0 bridgehead atoms. The van der Waals surface area contributed by atoms with E-state index in [-0.39, 0.29) is 5.92 Å². The van der Waals surface area contributed by atoms with Gasteiger partial charge in [-0.1, -0.05) is 24.2 Å². The lowest BCUT2D eigenvalue weighted by atomic mass is 9.94. The summed E-state index contributed by atoms with van der Waals surface area (Å²) in [5.74, 6) is -0.0644. The smallest absolute Gasteiger partial charge is 0.364 e. The Labute approximate surface area is 102 Å². The highest BCUT2D eigenvalue weighted by molar-refractivity contribution is 6.02. The molecule has 0 radical (unpaired) electrons. The molecule has 0 amide bonds. The van der Waals surface area contributed by atoms with Gasteiger partial charge in [-0.2, -0.15) is 13.2 Å². The van der Waals surface area contributed by atoms with Crippen molar-refractivity contribution < 1.29 is 23.1 Å². The topological polar surface area (TPSA) is 41.8 Å². The summed E-state index contributed by atoms with van der Waals surface area (Å²) in [4.78, 5) is 4.73. The predicted octanol–water partition coefficient (Wildman–Crippen LogP) is 2.78. The van der Waals surface area contributed by atoms with Crippen LogP contribution in [0.1, 0.15) is 24.5 Å². The number of hydrogen-bond acceptors (Lipinski definition) is 3. The van der Waals surface area contributed by atoms with Gasteiger partial charge in [0.25, 0.3) is 0 Å². The molecule has 3 nitrogen and oxygen atoms in total. The second-order valence-corrected chi connectivity index (χ2v) is 4.25. The molecule has 1 aliphatic rings. The molecule has 0 spiro atoms. The van der Waals surface area contributed by atoms with Crippen LogP contribution < -0.4 is 0 Å². The van der Waals surface area contributed by atoms with Gasteiger partial charge in [0.2, 0.25) is 6.29 Å². The summed E-state index contributed by atoms with van der Waals surface area (Å²) in [5.41, 5.74) is 0.424. The fourth-order valence-corrected chi connectivity index (χ4v) is 1.83. The highest BCUT2D eigenvalue weighted by atomic mass is 19.4. The van der Waals surface area contributed by atoms with Gasteiger partial charge in [0.15, 0.2) is 0 Å². The van der Waals surface area contributed by atoms with Crippen molar-refractivity contribution in [3.05, 3.63) is 35.4 Å². The first-order valence-corrected chi connectivity index (χ1v) is 5.47. The monoisotopic (exact) mass is 259 g/mol. The van der Waals surface area contributed by atoms with Crippen LogP contribution >= 0.6 is 0 Å². The average Bonchev–Trinajstić information content (AvgIpc) is 2.28. The van der Waals surface area contributed by atoms with E-state index >= 15 is 0 Å². The van der Waals surface area contributed by atoms with Gasteiger partial charge in [0, 0.05) is 12.3 Å². The molecule has 2 rings (SSSR count). The Balaban J connectivity index is 2.25. The van der Waals surface area contributed by atoms with Gasteiger partial charge in [0.05, 0.1) is 11.3 Å². The minimum absolute atomic E-state index is 0.0644. The maximum Gasteiger partial charge on any atom is 0.416 e. The SMILES string of the molecule is C[C@@H]1CC(O)ON=C1c1ccc(C(F)(F)F)cc1. The van der Waals surface area contributed by atoms with Crippen molar-refractivity contribution in [1.82, 2.24) is 0 Å². The third-order valence-electron chi connectivity index (χ3n) is 2.80. The quantitative estimate of drug-likeness (QED) is 0.842. The number of hydrogen-bond donors (Lipinski definition) is 1. The Morgan fingerprint density at radius 3 is 2.39 bits per heavy atom. The Bertz CT molecular complexity index is 453. The minimum atomic E-state index is -4.34. The van der Waals surface area contributed by atoms with Crippen LogP contribution in [0.4, 0.5) is 13.2 Å². The van der Waals surface area contributed by atoms with Gasteiger partial charge >= 0.3 is 6.18 Å². The van der Waals surface area contributed by atoms with E-state index in [9.17, 15) is 18.3 Å². The van der Waals surface area contributed by atoms with Crippen molar-refractivity contribution in [2.24, 2.45) is 11.1 Å². The Hall–Kier alpha value is -1.56. The number of aliphatic hydroxyl groups excluding tert-OH is 1. The molecule has 2 atom stereocenters. The lowest BCUT2D eigenvalue weighted by Crippen LogP contribution is -2.26. The van der Waals surface area contributed by atoms with Crippen LogP contribution in [0.25, 0.3) is 0 Å². The maximum atomic E-state index is 12.4. The number of alkyl halides is 3. The van der Waals surface area contributed by atoms with Gasteiger partial charge in [-0.3, -0.25) is 0 Å². The lowest BCUT2D eigenvalue weighted by Gasteiger charge is -2.22. The number of benzene rings is 1. The zero-order valence-electron chi connectivity index (χ0n) is 9.61. The summed E-state index contributed by atoms with van der Waals surface area (Å²) < 4.78 is 37.2. The van der Waals surface area contributed by atoms with E-state index in [1.54, 1.807) is 0 Å². The van der Waals surface area contributed by atoms with Crippen molar-refractivity contribution >= 4 is 5.71 Å². The van der Waals surface area contributed by atoms with E-state index in [0.717, 1.165) is 12.1 Å². The predicted molar refractivity (Wildman–Crippen MR) is 58.9 cm³/mol. The summed E-state index contributed by atoms with van der Waals surface area (Å²) in [6.45, 7) is 1.84. The van der Waals surface area contributed by atoms with Gasteiger partial charge in [-0.25, -0.2) is 0 Å². The first-order chi connectivity index (χ1) is 8.38. The fraction of sp³-hybridized carbons (Fsp3) is 0.417. The van der Waals surface area contributed by atoms with Crippen molar-refractivity contribution in [3.63, 3.8) is 0 Å². The molecule has 0 aromatic heterocycles. The van der Waals surface area contributed by atoms with Crippen molar-refractivity contribution in [3.8, 4) is 0 Å². The van der Waals surface area contributed by atoms with Crippen molar-refractivity contribution in [2.75, 3.05) is 0 Å². The second kappa shape index (κ2) is 4.61. The molecule has 18 heavy (non-hydrogen) atoms. The first-order valence-electron chi connectivity index (χ1n) is 5.47. The summed E-state index contributed by atoms with van der Waals surface area (Å²) in [6.07, 6.45) is -4.91. The number of oxime groups is 1. The number of nitrogens with zero attached hydrogens (tertiary/aromatic N) is 1. The van der Waals surface area contributed by atoms with Gasteiger partial charge in [-0.05, 0) is 17.7 Å². The third-order valence-corrected chi connectivity index (χ3v) is 2.80. The molecule has 6 heteroatoms. The van der Waals surface area contributed by atoms with Crippen LogP contribution in [0, 0.1) is 5.92 Å². The largest absolute Gasteiger partial charge is 0.416 e. The van der Waals surface area contributed by atoms with Crippen LogP contribution in [0.15, 0.2) is 29.4 Å². The van der Waals surface area contributed by atoms with Crippen molar-refractivity contribution in [1.29, 1.82) is 0 Å². The zero-order chi connectivity index (χ0) is 13.3. The van der Waals surface area contributed by atoms with Gasteiger partial charge < -0.3 is 9.94 Å². The minimum Gasteiger partial charge on any atom is -0.364 e.